The fourth-order valence-corrected chi connectivity index (χ4v) is 4.35. The van der Waals surface area contributed by atoms with Gasteiger partial charge in [0.1, 0.15) is 10.7 Å². The minimum atomic E-state index is -4.92. The molecule has 3 rings (SSSR count). The minimum Gasteiger partial charge on any atom is -0.491 e. The molecule has 0 spiro atoms. The maximum absolute atomic E-state index is 10.9. The van der Waals surface area contributed by atoms with Gasteiger partial charge in [-0.25, -0.2) is 9.59 Å². The summed E-state index contributed by atoms with van der Waals surface area (Å²) in [7, 11) is -4.92. The van der Waals surface area contributed by atoms with Gasteiger partial charge in [-0.1, -0.05) is 6.07 Å². The highest BCUT2D eigenvalue weighted by Gasteiger charge is 2.31. The Hall–Kier alpha value is -3.55. The summed E-state index contributed by atoms with van der Waals surface area (Å²) >= 11 is 0. The summed E-state index contributed by atoms with van der Waals surface area (Å²) in [6.45, 7) is 8.01. The highest BCUT2D eigenvalue weighted by molar-refractivity contribution is 7.86. The summed E-state index contributed by atoms with van der Waals surface area (Å²) < 4.78 is 47.3. The third-order valence-corrected chi connectivity index (χ3v) is 5.94. The number of rotatable bonds is 8. The SMILES string of the molecule is CCOC1=CC(=[N+]=[N-])C(OCC)C=C1N1CCOCC1.O=C(O)c1cccc(C(=O)O)c1S(=O)(=O)O. The average Bonchev–Trinajstić information content (AvgIpc) is 2.84. The van der Waals surface area contributed by atoms with Gasteiger partial charge in [0.2, 0.25) is 0 Å². The number of ether oxygens (including phenoxy) is 3. The normalized spacial score (nSPS) is 17.7. The topological polar surface area (TPSA) is 196 Å². The Balaban J connectivity index is 0.000000261. The first-order valence-electron chi connectivity index (χ1n) is 10.8. The maximum Gasteiger partial charge on any atom is 0.337 e. The van der Waals surface area contributed by atoms with E-state index in [1.165, 1.54) is 0 Å². The Bertz CT molecular complexity index is 1160. The molecule has 2 aliphatic rings. The molecule has 1 atom stereocenters. The number of benzene rings is 1. The Kier molecular flexibility index (Phi) is 10.3. The summed E-state index contributed by atoms with van der Waals surface area (Å²) in [5.74, 6) is -2.57. The fourth-order valence-electron chi connectivity index (χ4n) is 3.49. The zero-order valence-electron chi connectivity index (χ0n) is 19.7. The van der Waals surface area contributed by atoms with Gasteiger partial charge in [0.15, 0.2) is 6.10 Å². The van der Waals surface area contributed by atoms with Gasteiger partial charge in [0.25, 0.3) is 10.1 Å². The Morgan fingerprint density at radius 2 is 1.72 bits per heavy atom. The molecule has 36 heavy (non-hydrogen) atoms. The first-order valence-corrected chi connectivity index (χ1v) is 12.3. The second-order valence-corrected chi connectivity index (χ2v) is 8.62. The molecule has 1 heterocycles. The lowest BCUT2D eigenvalue weighted by molar-refractivity contribution is -0.0230. The van der Waals surface area contributed by atoms with E-state index in [0.29, 0.717) is 32.1 Å². The predicted molar refractivity (Wildman–Crippen MR) is 124 cm³/mol. The van der Waals surface area contributed by atoms with Crippen LogP contribution >= 0.6 is 0 Å². The van der Waals surface area contributed by atoms with E-state index < -0.39 is 38.1 Å². The van der Waals surface area contributed by atoms with Crippen LogP contribution in [-0.2, 0) is 24.3 Å². The summed E-state index contributed by atoms with van der Waals surface area (Å²) in [5.41, 5.74) is 8.99. The van der Waals surface area contributed by atoms with E-state index in [-0.39, 0.29) is 6.10 Å². The number of carboxylic acid groups (broad SMARTS) is 2. The number of carboxylic acids is 2. The molecule has 0 aromatic heterocycles. The molecule has 14 heteroatoms. The smallest absolute Gasteiger partial charge is 0.337 e. The maximum atomic E-state index is 10.9. The Labute approximate surface area is 207 Å². The molecule has 0 saturated carbocycles. The standard InChI is InChI=1S/C14H21N3O3.C8H6O7S/c1-3-19-13-10-12(17-5-7-18-8-6-17)14(20-4-2)9-11(13)16-15;9-7(10)4-2-1-3-5(8(11)12)6(4)16(13,14)15/h9-10,13H,3-8H2,1-2H3;1-3H,(H,9,10)(H,11,12)(H,13,14,15). The summed E-state index contributed by atoms with van der Waals surface area (Å²) in [6, 6.07) is 2.84. The van der Waals surface area contributed by atoms with Gasteiger partial charge in [-0.3, -0.25) is 4.55 Å². The van der Waals surface area contributed by atoms with E-state index in [1.807, 2.05) is 19.9 Å². The van der Waals surface area contributed by atoms with Crippen LogP contribution in [0.5, 0.6) is 0 Å². The molecule has 0 radical (unpaired) electrons. The van der Waals surface area contributed by atoms with Crippen LogP contribution < -0.4 is 0 Å². The van der Waals surface area contributed by atoms with Gasteiger partial charge in [-0.2, -0.15) is 13.2 Å². The molecule has 1 saturated heterocycles. The summed E-state index contributed by atoms with van der Waals surface area (Å²) in [5, 5.41) is 17.3. The van der Waals surface area contributed by atoms with Crippen molar-refractivity contribution in [3.63, 3.8) is 0 Å². The Morgan fingerprint density at radius 1 is 1.14 bits per heavy atom. The van der Waals surface area contributed by atoms with Gasteiger partial charge in [0, 0.05) is 19.7 Å². The van der Waals surface area contributed by atoms with Crippen LogP contribution in [0.1, 0.15) is 34.6 Å². The average molecular weight is 526 g/mol. The molecule has 1 unspecified atom stereocenters. The first-order chi connectivity index (χ1) is 17.0. The second kappa shape index (κ2) is 13.0. The lowest BCUT2D eigenvalue weighted by Gasteiger charge is -2.33. The highest BCUT2D eigenvalue weighted by Crippen LogP contribution is 2.24. The molecule has 196 valence electrons. The van der Waals surface area contributed by atoms with Gasteiger partial charge in [0.05, 0.1) is 42.7 Å². The number of morpholine rings is 1. The summed E-state index contributed by atoms with van der Waals surface area (Å²) in [4.78, 5) is 25.8. The van der Waals surface area contributed by atoms with Crippen LogP contribution in [0.15, 0.2) is 46.7 Å². The van der Waals surface area contributed by atoms with Crippen molar-refractivity contribution in [2.75, 3.05) is 39.5 Å². The molecular formula is C22H27N3O10S. The zero-order chi connectivity index (χ0) is 26.9. The largest absolute Gasteiger partial charge is 0.491 e. The van der Waals surface area contributed by atoms with Crippen LogP contribution in [-0.4, -0.2) is 96.1 Å². The van der Waals surface area contributed by atoms with Crippen LogP contribution in [0.25, 0.3) is 5.53 Å². The molecule has 1 aromatic carbocycles. The quantitative estimate of drug-likeness (QED) is 0.253. The number of hydrogen-bond acceptors (Lipinski definition) is 8. The molecule has 0 amide bonds. The molecule has 13 nitrogen and oxygen atoms in total. The zero-order valence-corrected chi connectivity index (χ0v) is 20.5. The van der Waals surface area contributed by atoms with Gasteiger partial charge in [-0.15, -0.1) is 0 Å². The molecule has 3 N–H and O–H groups in total. The van der Waals surface area contributed by atoms with Crippen molar-refractivity contribution < 1.29 is 51.8 Å². The van der Waals surface area contributed by atoms with E-state index in [9.17, 15) is 18.0 Å². The number of hydrogen-bond donors (Lipinski definition) is 3. The van der Waals surface area contributed by atoms with Crippen molar-refractivity contribution >= 4 is 27.8 Å². The van der Waals surface area contributed by atoms with Crippen molar-refractivity contribution in [3.05, 3.63) is 58.5 Å². The molecule has 1 aliphatic heterocycles. The molecule has 0 bridgehead atoms. The molecular weight excluding hydrogens is 498 g/mol. The minimum absolute atomic E-state index is 0.341. The van der Waals surface area contributed by atoms with E-state index >= 15 is 0 Å². The third kappa shape index (κ3) is 7.23. The van der Waals surface area contributed by atoms with Gasteiger partial charge < -0.3 is 34.9 Å². The first kappa shape index (κ1) is 28.7. The molecule has 1 aliphatic carbocycles. The fraction of sp³-hybridized carbons (Fsp3) is 0.409. The molecule has 1 fully saturated rings. The third-order valence-electron chi connectivity index (χ3n) is 4.98. The van der Waals surface area contributed by atoms with Crippen LogP contribution in [0.4, 0.5) is 0 Å². The van der Waals surface area contributed by atoms with E-state index in [2.05, 4.69) is 9.69 Å². The Morgan fingerprint density at radius 3 is 2.17 bits per heavy atom. The number of aromatic carboxylic acids is 2. The van der Waals surface area contributed by atoms with E-state index in [0.717, 1.165) is 42.7 Å². The van der Waals surface area contributed by atoms with E-state index in [4.69, 9.17) is 34.5 Å². The van der Waals surface area contributed by atoms with E-state index in [1.54, 1.807) is 6.08 Å². The van der Waals surface area contributed by atoms with Crippen LogP contribution in [0.3, 0.4) is 0 Å². The lowest BCUT2D eigenvalue weighted by Crippen LogP contribution is -2.39. The van der Waals surface area contributed by atoms with Gasteiger partial charge >= 0.3 is 17.7 Å². The second-order valence-electron chi connectivity index (χ2n) is 7.26. The van der Waals surface area contributed by atoms with Crippen LogP contribution in [0, 0.1) is 0 Å². The van der Waals surface area contributed by atoms with Crippen molar-refractivity contribution in [1.29, 1.82) is 0 Å². The molecule has 1 aromatic rings. The van der Waals surface area contributed by atoms with Crippen molar-refractivity contribution in [2.45, 2.75) is 24.8 Å². The van der Waals surface area contributed by atoms with Crippen molar-refractivity contribution in [3.8, 4) is 0 Å². The van der Waals surface area contributed by atoms with Crippen molar-refractivity contribution in [2.24, 2.45) is 0 Å². The lowest BCUT2D eigenvalue weighted by atomic mass is 10.0. The van der Waals surface area contributed by atoms with Gasteiger partial charge in [-0.05, 0) is 32.1 Å². The predicted octanol–water partition coefficient (Wildman–Crippen LogP) is 1.54. The number of nitrogens with zero attached hydrogens (tertiary/aromatic N) is 3. The van der Waals surface area contributed by atoms with Crippen molar-refractivity contribution in [1.82, 2.24) is 4.90 Å². The highest BCUT2D eigenvalue weighted by atomic mass is 32.2. The summed E-state index contributed by atoms with van der Waals surface area (Å²) in [6.07, 6.45) is 3.36. The number of carbonyl (C=O) groups is 2. The van der Waals surface area contributed by atoms with Crippen LogP contribution in [0.2, 0.25) is 0 Å². The monoisotopic (exact) mass is 525 g/mol.